The van der Waals surface area contributed by atoms with Crippen molar-refractivity contribution in [2.45, 2.75) is 45.1 Å². The second-order valence-electron chi connectivity index (χ2n) is 4.24. The lowest BCUT2D eigenvalue weighted by Crippen LogP contribution is -2.39. The van der Waals surface area contributed by atoms with Crippen molar-refractivity contribution >= 4 is 21.6 Å². The molecule has 3 nitrogen and oxygen atoms in total. The van der Waals surface area contributed by atoms with Gasteiger partial charge in [0, 0.05) is 11.9 Å². The fraction of sp³-hybridized carbons (Fsp3) is 1.00. The van der Waals surface area contributed by atoms with Crippen LogP contribution in [0.2, 0.25) is 0 Å². The molecule has 1 rings (SSSR count). The van der Waals surface area contributed by atoms with E-state index >= 15 is 0 Å². The molecule has 0 radical (unpaired) electrons. The lowest BCUT2D eigenvalue weighted by molar-refractivity contribution is 0.479. The topological polar surface area (TPSA) is 46.2 Å². The van der Waals surface area contributed by atoms with E-state index in [1.807, 2.05) is 6.92 Å². The van der Waals surface area contributed by atoms with Gasteiger partial charge in [0.2, 0.25) is 10.0 Å². The van der Waals surface area contributed by atoms with E-state index < -0.39 is 10.0 Å². The summed E-state index contributed by atoms with van der Waals surface area (Å²) in [6.07, 6.45) is 4.70. The predicted octanol–water partition coefficient (Wildman–Crippen LogP) is 2.11. The van der Waals surface area contributed by atoms with E-state index in [0.29, 0.717) is 11.8 Å². The van der Waals surface area contributed by atoms with Gasteiger partial charge in [-0.2, -0.15) is 0 Å². The number of rotatable bonds is 6. The van der Waals surface area contributed by atoms with Gasteiger partial charge >= 0.3 is 0 Å². The highest BCUT2D eigenvalue weighted by Gasteiger charge is 2.29. The molecule has 15 heavy (non-hydrogen) atoms. The van der Waals surface area contributed by atoms with Gasteiger partial charge in [0.1, 0.15) is 0 Å². The van der Waals surface area contributed by atoms with Crippen molar-refractivity contribution in [1.82, 2.24) is 4.72 Å². The zero-order valence-corrected chi connectivity index (χ0v) is 10.8. The van der Waals surface area contributed by atoms with Crippen LogP contribution in [0.5, 0.6) is 0 Å². The molecule has 5 heteroatoms. The Kier molecular flexibility index (Phi) is 5.36. The molecule has 1 aliphatic carbocycles. The van der Waals surface area contributed by atoms with Crippen LogP contribution < -0.4 is 4.72 Å². The van der Waals surface area contributed by atoms with Crippen LogP contribution in [-0.4, -0.2) is 26.1 Å². The summed E-state index contributed by atoms with van der Waals surface area (Å²) in [5, 5.41) is 0. The summed E-state index contributed by atoms with van der Waals surface area (Å²) in [6, 6.07) is 0.0735. The van der Waals surface area contributed by atoms with Gasteiger partial charge in [-0.1, -0.05) is 19.8 Å². The molecule has 0 amide bonds. The average molecular weight is 254 g/mol. The Bertz CT molecular complexity index is 279. The zero-order valence-electron chi connectivity index (χ0n) is 9.21. The van der Waals surface area contributed by atoms with Crippen molar-refractivity contribution in [2.24, 2.45) is 5.92 Å². The van der Waals surface area contributed by atoms with Gasteiger partial charge in [-0.05, 0) is 25.2 Å². The number of hydrogen-bond acceptors (Lipinski definition) is 2. The standard InChI is InChI=1S/C10H20ClNO2S/c1-2-3-7-15(13,14)12-10-6-4-5-9(10)8-11/h9-10,12H,2-8H2,1H3. The highest BCUT2D eigenvalue weighted by atomic mass is 35.5. The summed E-state index contributed by atoms with van der Waals surface area (Å²) in [5.74, 6) is 1.12. The monoisotopic (exact) mass is 253 g/mol. The maximum Gasteiger partial charge on any atom is 0.211 e. The Balaban J connectivity index is 2.45. The number of hydrogen-bond donors (Lipinski definition) is 1. The quantitative estimate of drug-likeness (QED) is 0.737. The Labute approximate surface area is 97.6 Å². The summed E-state index contributed by atoms with van der Waals surface area (Å²) in [7, 11) is -3.08. The lowest BCUT2D eigenvalue weighted by Gasteiger charge is -2.18. The summed E-state index contributed by atoms with van der Waals surface area (Å²) >= 11 is 5.80. The first kappa shape index (κ1) is 13.3. The highest BCUT2D eigenvalue weighted by molar-refractivity contribution is 7.89. The van der Waals surface area contributed by atoms with E-state index in [4.69, 9.17) is 11.6 Å². The molecule has 0 aromatic heterocycles. The minimum absolute atomic E-state index is 0.0735. The van der Waals surface area contributed by atoms with Gasteiger partial charge in [-0.15, -0.1) is 11.6 Å². The minimum atomic E-state index is -3.08. The Morgan fingerprint density at radius 3 is 2.73 bits per heavy atom. The van der Waals surface area contributed by atoms with Crippen molar-refractivity contribution < 1.29 is 8.42 Å². The van der Waals surface area contributed by atoms with Crippen molar-refractivity contribution in [1.29, 1.82) is 0 Å². The number of unbranched alkanes of at least 4 members (excludes halogenated alkanes) is 1. The van der Waals surface area contributed by atoms with Crippen molar-refractivity contribution in [3.8, 4) is 0 Å². The summed E-state index contributed by atoms with van der Waals surface area (Å²) in [5.41, 5.74) is 0. The van der Waals surface area contributed by atoms with Gasteiger partial charge in [0.15, 0.2) is 0 Å². The largest absolute Gasteiger partial charge is 0.212 e. The van der Waals surface area contributed by atoms with Gasteiger partial charge in [0.05, 0.1) is 5.75 Å². The molecule has 1 N–H and O–H groups in total. The van der Waals surface area contributed by atoms with Gasteiger partial charge in [0.25, 0.3) is 0 Å². The van der Waals surface area contributed by atoms with E-state index in [-0.39, 0.29) is 11.8 Å². The minimum Gasteiger partial charge on any atom is -0.212 e. The van der Waals surface area contributed by atoms with Gasteiger partial charge in [-0.25, -0.2) is 13.1 Å². The summed E-state index contributed by atoms with van der Waals surface area (Å²) < 4.78 is 26.1. The van der Waals surface area contributed by atoms with E-state index in [0.717, 1.165) is 32.1 Å². The lowest BCUT2D eigenvalue weighted by atomic mass is 10.1. The van der Waals surface area contributed by atoms with Crippen LogP contribution in [-0.2, 0) is 10.0 Å². The second-order valence-corrected chi connectivity index (χ2v) is 6.42. The smallest absolute Gasteiger partial charge is 0.211 e. The maximum absolute atomic E-state index is 11.7. The molecule has 90 valence electrons. The Hall–Kier alpha value is 0.200. The predicted molar refractivity (Wildman–Crippen MR) is 63.7 cm³/mol. The third kappa shape index (κ3) is 4.29. The van der Waals surface area contributed by atoms with E-state index in [9.17, 15) is 8.42 Å². The molecule has 0 bridgehead atoms. The molecule has 0 aromatic carbocycles. The molecule has 2 atom stereocenters. The number of alkyl halides is 1. The molecule has 1 fully saturated rings. The third-order valence-electron chi connectivity index (χ3n) is 2.95. The van der Waals surface area contributed by atoms with Gasteiger partial charge in [-0.3, -0.25) is 0 Å². The van der Waals surface area contributed by atoms with Crippen LogP contribution in [0.3, 0.4) is 0 Å². The van der Waals surface area contributed by atoms with Crippen LogP contribution in [0, 0.1) is 5.92 Å². The average Bonchev–Trinajstić information content (AvgIpc) is 2.61. The van der Waals surface area contributed by atoms with Crippen LogP contribution in [0.25, 0.3) is 0 Å². The second kappa shape index (κ2) is 6.06. The number of halogens is 1. The van der Waals surface area contributed by atoms with Crippen LogP contribution in [0.15, 0.2) is 0 Å². The molecule has 1 saturated carbocycles. The van der Waals surface area contributed by atoms with Gasteiger partial charge < -0.3 is 0 Å². The molecule has 0 heterocycles. The molecule has 0 aliphatic heterocycles. The molecule has 0 saturated heterocycles. The first-order valence-electron chi connectivity index (χ1n) is 5.65. The van der Waals surface area contributed by atoms with Crippen LogP contribution >= 0.6 is 11.6 Å². The van der Waals surface area contributed by atoms with Crippen molar-refractivity contribution in [3.05, 3.63) is 0 Å². The van der Waals surface area contributed by atoms with Crippen LogP contribution in [0.4, 0.5) is 0 Å². The summed E-state index contributed by atoms with van der Waals surface area (Å²) in [4.78, 5) is 0. The van der Waals surface area contributed by atoms with Crippen molar-refractivity contribution in [2.75, 3.05) is 11.6 Å². The van der Waals surface area contributed by atoms with E-state index in [1.165, 1.54) is 0 Å². The Morgan fingerprint density at radius 2 is 2.13 bits per heavy atom. The van der Waals surface area contributed by atoms with E-state index in [1.54, 1.807) is 0 Å². The fourth-order valence-corrected chi connectivity index (χ4v) is 3.93. The number of nitrogens with one attached hydrogen (secondary N) is 1. The first-order chi connectivity index (χ1) is 7.09. The molecule has 1 aliphatic rings. The normalized spacial score (nSPS) is 27.1. The van der Waals surface area contributed by atoms with Crippen LogP contribution in [0.1, 0.15) is 39.0 Å². The molecule has 2 unspecified atom stereocenters. The zero-order chi connectivity index (χ0) is 11.3. The third-order valence-corrected chi connectivity index (χ3v) is 4.84. The molecule has 0 aromatic rings. The molecule has 0 spiro atoms. The first-order valence-corrected chi connectivity index (χ1v) is 7.83. The highest BCUT2D eigenvalue weighted by Crippen LogP contribution is 2.27. The molecular formula is C10H20ClNO2S. The SMILES string of the molecule is CCCCS(=O)(=O)NC1CCCC1CCl. The fourth-order valence-electron chi connectivity index (χ4n) is 2.00. The Morgan fingerprint density at radius 1 is 1.40 bits per heavy atom. The maximum atomic E-state index is 11.7. The number of sulfonamides is 1. The van der Waals surface area contributed by atoms with E-state index in [2.05, 4.69) is 4.72 Å². The summed E-state index contributed by atoms with van der Waals surface area (Å²) in [6.45, 7) is 1.99. The molecular weight excluding hydrogens is 234 g/mol. The van der Waals surface area contributed by atoms with Crippen molar-refractivity contribution in [3.63, 3.8) is 0 Å².